The van der Waals surface area contributed by atoms with Gasteiger partial charge in [-0.05, 0) is 12.5 Å². The lowest BCUT2D eigenvalue weighted by molar-refractivity contribution is -0.144. The minimum atomic E-state index is -4.92. The van der Waals surface area contributed by atoms with Crippen LogP contribution in [0.3, 0.4) is 0 Å². The monoisotopic (exact) mass is 450 g/mol. The van der Waals surface area contributed by atoms with E-state index in [1.54, 1.807) is 11.9 Å². The Balaban J connectivity index is 2.38. The van der Waals surface area contributed by atoms with E-state index in [4.69, 9.17) is 11.6 Å². The number of halogens is 5. The molecule has 3 aromatic rings. The Hall–Kier alpha value is -2.40. The van der Waals surface area contributed by atoms with Crippen molar-refractivity contribution in [1.82, 2.24) is 14.1 Å². The summed E-state index contributed by atoms with van der Waals surface area (Å²) in [6, 6.07) is 1.14. The van der Waals surface area contributed by atoms with E-state index in [1.807, 2.05) is 6.92 Å². The highest BCUT2D eigenvalue weighted by Crippen LogP contribution is 2.38. The largest absolute Gasteiger partial charge is 0.431 e. The maximum atomic E-state index is 14.8. The SMILES string of the molecule is CCCN(C)c1nc2c(Cl)cc(F)c(-n3c(=O)cc(C(F)(F)F)n(C)c3=O)c2s1. The second-order valence-corrected chi connectivity index (χ2v) is 7.71. The van der Waals surface area contributed by atoms with Crippen molar-refractivity contribution in [3.8, 4) is 5.69 Å². The standard InChI is InChI=1S/C17H15ClF4N4O2S/c1-4-5-24(2)15-23-12-8(18)6-9(19)13(14(12)29-15)26-11(27)7-10(17(20,21)22)25(3)16(26)28/h6-7H,4-5H2,1-3H3. The van der Waals surface area contributed by atoms with Crippen LogP contribution in [0.15, 0.2) is 21.7 Å². The zero-order valence-electron chi connectivity index (χ0n) is 15.5. The fourth-order valence-electron chi connectivity index (χ4n) is 2.89. The first-order valence-corrected chi connectivity index (χ1v) is 9.57. The quantitative estimate of drug-likeness (QED) is 0.567. The third-order valence-electron chi connectivity index (χ3n) is 4.26. The van der Waals surface area contributed by atoms with E-state index < -0.39 is 34.6 Å². The van der Waals surface area contributed by atoms with Gasteiger partial charge in [-0.2, -0.15) is 13.2 Å². The Morgan fingerprint density at radius 3 is 2.52 bits per heavy atom. The summed E-state index contributed by atoms with van der Waals surface area (Å²) < 4.78 is 54.8. The van der Waals surface area contributed by atoms with Crippen LogP contribution in [0.4, 0.5) is 22.7 Å². The number of rotatable bonds is 4. The molecule has 29 heavy (non-hydrogen) atoms. The summed E-state index contributed by atoms with van der Waals surface area (Å²) in [4.78, 5) is 31.1. The van der Waals surface area contributed by atoms with Gasteiger partial charge in [0.05, 0.1) is 9.72 Å². The number of hydrogen-bond donors (Lipinski definition) is 0. The Labute approximate surface area is 170 Å². The van der Waals surface area contributed by atoms with Gasteiger partial charge in [-0.25, -0.2) is 18.7 Å². The molecule has 0 fully saturated rings. The fourth-order valence-corrected chi connectivity index (χ4v) is 4.29. The predicted molar refractivity (Wildman–Crippen MR) is 104 cm³/mol. The van der Waals surface area contributed by atoms with Gasteiger partial charge < -0.3 is 4.90 Å². The van der Waals surface area contributed by atoms with Crippen LogP contribution in [0.5, 0.6) is 0 Å². The molecule has 1 aromatic carbocycles. The molecule has 12 heteroatoms. The molecule has 2 heterocycles. The van der Waals surface area contributed by atoms with Crippen molar-refractivity contribution in [3.05, 3.63) is 49.5 Å². The van der Waals surface area contributed by atoms with Crippen LogP contribution in [0.25, 0.3) is 15.9 Å². The molecule has 0 radical (unpaired) electrons. The van der Waals surface area contributed by atoms with E-state index in [0.29, 0.717) is 16.2 Å². The van der Waals surface area contributed by atoms with Gasteiger partial charge in [0.25, 0.3) is 5.56 Å². The van der Waals surface area contributed by atoms with Gasteiger partial charge in [0.1, 0.15) is 16.9 Å². The number of thiazole rings is 1. The molecule has 3 rings (SSSR count). The minimum Gasteiger partial charge on any atom is -0.351 e. The van der Waals surface area contributed by atoms with Gasteiger partial charge in [-0.1, -0.05) is 29.9 Å². The molecular formula is C17H15ClF4N4O2S. The first-order valence-electron chi connectivity index (χ1n) is 8.37. The molecule has 0 N–H and O–H groups in total. The molecule has 0 unspecified atom stereocenters. The topological polar surface area (TPSA) is 60.1 Å². The van der Waals surface area contributed by atoms with Gasteiger partial charge in [0, 0.05) is 26.7 Å². The normalized spacial score (nSPS) is 12.0. The van der Waals surface area contributed by atoms with Crippen LogP contribution in [0.1, 0.15) is 19.0 Å². The van der Waals surface area contributed by atoms with Crippen molar-refractivity contribution < 1.29 is 17.6 Å². The summed E-state index contributed by atoms with van der Waals surface area (Å²) >= 11 is 7.07. The molecule has 0 aliphatic rings. The van der Waals surface area contributed by atoms with Gasteiger partial charge in [-0.15, -0.1) is 0 Å². The minimum absolute atomic E-state index is 0.0366. The summed E-state index contributed by atoms with van der Waals surface area (Å²) in [5.74, 6) is -1.02. The van der Waals surface area contributed by atoms with Crippen molar-refractivity contribution in [3.63, 3.8) is 0 Å². The maximum Gasteiger partial charge on any atom is 0.431 e. The maximum absolute atomic E-state index is 14.8. The smallest absolute Gasteiger partial charge is 0.351 e. The van der Waals surface area contributed by atoms with Crippen LogP contribution in [0.2, 0.25) is 5.02 Å². The van der Waals surface area contributed by atoms with E-state index >= 15 is 0 Å². The number of anilines is 1. The number of alkyl halides is 3. The van der Waals surface area contributed by atoms with Gasteiger partial charge in [0.15, 0.2) is 10.9 Å². The molecule has 0 saturated carbocycles. The zero-order valence-corrected chi connectivity index (χ0v) is 17.0. The van der Waals surface area contributed by atoms with Crippen molar-refractivity contribution in [1.29, 1.82) is 0 Å². The van der Waals surface area contributed by atoms with E-state index in [2.05, 4.69) is 4.98 Å². The second kappa shape index (κ2) is 7.45. The second-order valence-electron chi connectivity index (χ2n) is 6.33. The summed E-state index contributed by atoms with van der Waals surface area (Å²) in [7, 11) is 2.62. The lowest BCUT2D eigenvalue weighted by Crippen LogP contribution is -2.41. The third kappa shape index (κ3) is 3.64. The molecule has 0 saturated heterocycles. The van der Waals surface area contributed by atoms with E-state index in [1.165, 1.54) is 0 Å². The van der Waals surface area contributed by atoms with E-state index in [-0.39, 0.29) is 25.9 Å². The van der Waals surface area contributed by atoms with Crippen molar-refractivity contribution in [2.24, 2.45) is 7.05 Å². The van der Waals surface area contributed by atoms with Crippen LogP contribution >= 0.6 is 22.9 Å². The first-order chi connectivity index (χ1) is 13.5. The molecule has 0 aliphatic carbocycles. The molecule has 156 valence electrons. The molecule has 0 bridgehead atoms. The number of fused-ring (bicyclic) bond motifs is 1. The van der Waals surface area contributed by atoms with Gasteiger partial charge in [0.2, 0.25) is 0 Å². The first kappa shape index (κ1) is 21.3. The molecule has 2 aromatic heterocycles. The lowest BCUT2D eigenvalue weighted by atomic mass is 10.2. The van der Waals surface area contributed by atoms with Crippen molar-refractivity contribution >= 4 is 38.3 Å². The highest BCUT2D eigenvalue weighted by atomic mass is 35.5. The summed E-state index contributed by atoms with van der Waals surface area (Å²) in [6.07, 6.45) is -4.11. The third-order valence-corrected chi connectivity index (χ3v) is 5.72. The highest BCUT2D eigenvalue weighted by molar-refractivity contribution is 7.22. The van der Waals surface area contributed by atoms with Crippen molar-refractivity contribution in [2.45, 2.75) is 19.5 Å². The Morgan fingerprint density at radius 1 is 1.28 bits per heavy atom. The Morgan fingerprint density at radius 2 is 1.93 bits per heavy atom. The molecule has 0 atom stereocenters. The summed E-state index contributed by atoms with van der Waals surface area (Å²) in [6.45, 7) is 2.59. The van der Waals surface area contributed by atoms with Crippen molar-refractivity contribution in [2.75, 3.05) is 18.5 Å². The van der Waals surface area contributed by atoms with Crippen LogP contribution in [-0.2, 0) is 13.2 Å². The van der Waals surface area contributed by atoms with E-state index in [9.17, 15) is 27.2 Å². The molecule has 0 amide bonds. The summed E-state index contributed by atoms with van der Waals surface area (Å²) in [5, 5.41) is 0.429. The van der Waals surface area contributed by atoms with Gasteiger partial charge in [-0.3, -0.25) is 9.36 Å². The highest BCUT2D eigenvalue weighted by Gasteiger charge is 2.35. The Bertz CT molecular complexity index is 1220. The predicted octanol–water partition coefficient (Wildman–Crippen LogP) is 3.80. The fraction of sp³-hybridized carbons (Fsp3) is 0.353. The van der Waals surface area contributed by atoms with Crippen LogP contribution < -0.4 is 16.1 Å². The number of aromatic nitrogens is 3. The summed E-state index contributed by atoms with van der Waals surface area (Å²) in [5.41, 5.74) is -4.39. The average Bonchev–Trinajstić information content (AvgIpc) is 3.06. The van der Waals surface area contributed by atoms with Gasteiger partial charge >= 0.3 is 11.9 Å². The Kier molecular flexibility index (Phi) is 5.48. The molecular weight excluding hydrogens is 436 g/mol. The zero-order chi connectivity index (χ0) is 21.7. The number of benzene rings is 1. The number of nitrogens with zero attached hydrogens (tertiary/aromatic N) is 4. The average molecular weight is 451 g/mol. The van der Waals surface area contributed by atoms with E-state index in [0.717, 1.165) is 30.9 Å². The number of hydrogen-bond acceptors (Lipinski definition) is 5. The molecule has 0 aliphatic heterocycles. The van der Waals surface area contributed by atoms with Crippen LogP contribution in [0, 0.1) is 5.82 Å². The lowest BCUT2D eigenvalue weighted by Gasteiger charge is -2.14. The molecule has 6 nitrogen and oxygen atoms in total. The van der Waals surface area contributed by atoms with Crippen LogP contribution in [-0.4, -0.2) is 27.7 Å². The molecule has 0 spiro atoms.